The number of ketones is 1. The average molecular weight is 191 g/mol. The van der Waals surface area contributed by atoms with Crippen LogP contribution in [-0.2, 0) is 6.54 Å². The van der Waals surface area contributed by atoms with Crippen LogP contribution < -0.4 is 0 Å². The van der Waals surface area contributed by atoms with Crippen LogP contribution in [0.15, 0.2) is 12.4 Å². The van der Waals surface area contributed by atoms with Gasteiger partial charge in [-0.15, -0.1) is 0 Å². The van der Waals surface area contributed by atoms with Crippen molar-refractivity contribution in [3.63, 3.8) is 0 Å². The first-order valence-corrected chi connectivity index (χ1v) is 4.62. The molecule has 0 radical (unpaired) electrons. The second-order valence-corrected chi connectivity index (χ2v) is 3.24. The first kappa shape index (κ1) is 10.5. The van der Waals surface area contributed by atoms with Crippen molar-refractivity contribution in [3.05, 3.63) is 18.0 Å². The van der Waals surface area contributed by atoms with E-state index >= 15 is 0 Å². The van der Waals surface area contributed by atoms with Crippen LogP contribution in [0.4, 0.5) is 0 Å². The zero-order valence-corrected chi connectivity index (χ0v) is 8.40. The number of carbonyl (C=O) groups excluding carboxylic acids is 1. The number of carbonyl (C=O) groups is 1. The van der Waals surface area contributed by atoms with E-state index in [1.54, 1.807) is 24.0 Å². The van der Waals surface area contributed by atoms with E-state index in [0.29, 0.717) is 5.56 Å². The van der Waals surface area contributed by atoms with Crippen molar-refractivity contribution in [1.29, 1.82) is 5.26 Å². The van der Waals surface area contributed by atoms with Gasteiger partial charge in [0.15, 0.2) is 5.78 Å². The smallest absolute Gasteiger partial charge is 0.167 e. The molecule has 0 aliphatic heterocycles. The molecule has 14 heavy (non-hydrogen) atoms. The molecule has 0 aromatic carbocycles. The molecular formula is C10H13N3O. The quantitative estimate of drug-likeness (QED) is 0.680. The molecule has 1 atom stereocenters. The van der Waals surface area contributed by atoms with Gasteiger partial charge in [0.1, 0.15) is 0 Å². The van der Waals surface area contributed by atoms with Gasteiger partial charge in [0.05, 0.1) is 23.7 Å². The molecule has 0 aliphatic carbocycles. The van der Waals surface area contributed by atoms with E-state index in [1.807, 2.05) is 13.0 Å². The molecule has 1 heterocycles. The van der Waals surface area contributed by atoms with Gasteiger partial charge >= 0.3 is 0 Å². The molecule has 74 valence electrons. The third kappa shape index (κ3) is 2.43. The Bertz CT molecular complexity index is 362. The molecule has 0 fully saturated rings. The summed E-state index contributed by atoms with van der Waals surface area (Å²) in [7, 11) is 0. The molecule has 0 N–H and O–H groups in total. The molecule has 4 nitrogen and oxygen atoms in total. The molecule has 1 aromatic rings. The molecule has 0 saturated carbocycles. The van der Waals surface area contributed by atoms with Gasteiger partial charge < -0.3 is 0 Å². The Morgan fingerprint density at radius 1 is 1.79 bits per heavy atom. The fourth-order valence-electron chi connectivity index (χ4n) is 1.12. The van der Waals surface area contributed by atoms with E-state index in [0.717, 1.165) is 6.54 Å². The number of hydrogen-bond donors (Lipinski definition) is 0. The van der Waals surface area contributed by atoms with Gasteiger partial charge in [-0.2, -0.15) is 10.4 Å². The molecule has 0 bridgehead atoms. The van der Waals surface area contributed by atoms with Crippen molar-refractivity contribution in [2.24, 2.45) is 5.92 Å². The Morgan fingerprint density at radius 3 is 3.00 bits per heavy atom. The van der Waals surface area contributed by atoms with Crippen molar-refractivity contribution in [2.45, 2.75) is 26.8 Å². The lowest BCUT2D eigenvalue weighted by Crippen LogP contribution is -2.03. The third-order valence-electron chi connectivity index (χ3n) is 1.99. The van der Waals surface area contributed by atoms with Gasteiger partial charge in [0, 0.05) is 19.2 Å². The van der Waals surface area contributed by atoms with Crippen LogP contribution in [-0.4, -0.2) is 15.6 Å². The molecule has 1 aromatic heterocycles. The molecule has 0 saturated heterocycles. The predicted molar refractivity (Wildman–Crippen MR) is 51.6 cm³/mol. The Hall–Kier alpha value is -1.63. The van der Waals surface area contributed by atoms with Crippen LogP contribution in [0.1, 0.15) is 30.6 Å². The highest BCUT2D eigenvalue weighted by atomic mass is 16.1. The summed E-state index contributed by atoms with van der Waals surface area (Å²) in [5, 5.41) is 12.6. The van der Waals surface area contributed by atoms with Gasteiger partial charge in [-0.3, -0.25) is 9.48 Å². The van der Waals surface area contributed by atoms with Crippen molar-refractivity contribution in [3.8, 4) is 6.07 Å². The van der Waals surface area contributed by atoms with Gasteiger partial charge in [0.2, 0.25) is 0 Å². The fourth-order valence-corrected chi connectivity index (χ4v) is 1.12. The normalized spacial score (nSPS) is 12.1. The first-order chi connectivity index (χ1) is 6.67. The topological polar surface area (TPSA) is 58.7 Å². The summed E-state index contributed by atoms with van der Waals surface area (Å²) < 4.78 is 1.70. The Morgan fingerprint density at radius 2 is 2.50 bits per heavy atom. The monoisotopic (exact) mass is 191 g/mol. The average Bonchev–Trinajstić information content (AvgIpc) is 2.65. The molecule has 1 unspecified atom stereocenters. The zero-order valence-electron chi connectivity index (χ0n) is 8.40. The van der Waals surface area contributed by atoms with Crippen molar-refractivity contribution >= 4 is 5.78 Å². The standard InChI is InChI=1S/C10H13N3O/c1-3-13-7-9(6-12-13)10(14)4-8(2)5-11/h6-8H,3-4H2,1-2H3. The lowest BCUT2D eigenvalue weighted by atomic mass is 10.0. The van der Waals surface area contributed by atoms with E-state index in [1.165, 1.54) is 0 Å². The minimum atomic E-state index is -0.229. The molecule has 1 rings (SSSR count). The predicted octanol–water partition coefficient (Wildman–Crippen LogP) is 1.64. The second kappa shape index (κ2) is 4.56. The highest BCUT2D eigenvalue weighted by molar-refractivity contribution is 5.95. The van der Waals surface area contributed by atoms with Crippen molar-refractivity contribution < 1.29 is 4.79 Å². The number of hydrogen-bond acceptors (Lipinski definition) is 3. The number of nitrogens with zero attached hydrogens (tertiary/aromatic N) is 3. The summed E-state index contributed by atoms with van der Waals surface area (Å²) in [4.78, 5) is 11.5. The summed E-state index contributed by atoms with van der Waals surface area (Å²) in [5.74, 6) is -0.244. The Kier molecular flexibility index (Phi) is 3.41. The molecule has 4 heteroatoms. The third-order valence-corrected chi connectivity index (χ3v) is 1.99. The van der Waals surface area contributed by atoms with E-state index in [4.69, 9.17) is 5.26 Å². The van der Waals surface area contributed by atoms with E-state index in [-0.39, 0.29) is 18.1 Å². The second-order valence-electron chi connectivity index (χ2n) is 3.24. The Balaban J connectivity index is 2.66. The summed E-state index contributed by atoms with van der Waals surface area (Å²) in [6, 6.07) is 2.04. The summed E-state index contributed by atoms with van der Waals surface area (Å²) in [5.41, 5.74) is 0.592. The molecule has 0 amide bonds. The van der Waals surface area contributed by atoms with E-state index in [9.17, 15) is 4.79 Å². The maximum atomic E-state index is 11.5. The fraction of sp³-hybridized carbons (Fsp3) is 0.500. The number of nitriles is 1. The minimum Gasteiger partial charge on any atom is -0.294 e. The van der Waals surface area contributed by atoms with Crippen LogP contribution in [0.2, 0.25) is 0 Å². The Labute approximate surface area is 83.1 Å². The van der Waals surface area contributed by atoms with Crippen LogP contribution in [0, 0.1) is 17.2 Å². The van der Waals surface area contributed by atoms with Crippen LogP contribution >= 0.6 is 0 Å². The number of rotatable bonds is 4. The summed E-state index contributed by atoms with van der Waals surface area (Å²) in [6.45, 7) is 4.45. The van der Waals surface area contributed by atoms with Crippen LogP contribution in [0.5, 0.6) is 0 Å². The van der Waals surface area contributed by atoms with Crippen LogP contribution in [0.3, 0.4) is 0 Å². The van der Waals surface area contributed by atoms with Gasteiger partial charge in [-0.1, -0.05) is 0 Å². The first-order valence-electron chi connectivity index (χ1n) is 4.62. The maximum absolute atomic E-state index is 11.5. The number of Topliss-reactive ketones (excluding diaryl/α,β-unsaturated/α-hetero) is 1. The number of aromatic nitrogens is 2. The van der Waals surface area contributed by atoms with Crippen molar-refractivity contribution in [1.82, 2.24) is 9.78 Å². The molecule has 0 aliphatic rings. The maximum Gasteiger partial charge on any atom is 0.167 e. The highest BCUT2D eigenvalue weighted by Gasteiger charge is 2.12. The lowest BCUT2D eigenvalue weighted by molar-refractivity contribution is 0.0972. The van der Waals surface area contributed by atoms with Gasteiger partial charge in [0.25, 0.3) is 0 Å². The SMILES string of the molecule is CCn1cc(C(=O)CC(C)C#N)cn1. The summed E-state index contributed by atoms with van der Waals surface area (Å²) >= 11 is 0. The van der Waals surface area contributed by atoms with Crippen molar-refractivity contribution in [2.75, 3.05) is 0 Å². The zero-order chi connectivity index (χ0) is 10.6. The molecular weight excluding hydrogens is 178 g/mol. The minimum absolute atomic E-state index is 0.0150. The largest absolute Gasteiger partial charge is 0.294 e. The number of aryl methyl sites for hydroxylation is 1. The van der Waals surface area contributed by atoms with Crippen LogP contribution in [0.25, 0.3) is 0 Å². The van der Waals surface area contributed by atoms with Gasteiger partial charge in [-0.05, 0) is 13.8 Å². The van der Waals surface area contributed by atoms with E-state index in [2.05, 4.69) is 5.10 Å². The van der Waals surface area contributed by atoms with Gasteiger partial charge in [-0.25, -0.2) is 0 Å². The molecule has 0 spiro atoms. The lowest BCUT2D eigenvalue weighted by Gasteiger charge is -1.98. The summed E-state index contributed by atoms with van der Waals surface area (Å²) in [6.07, 6.45) is 3.54. The van der Waals surface area contributed by atoms with E-state index < -0.39 is 0 Å². The highest BCUT2D eigenvalue weighted by Crippen LogP contribution is 2.08.